The third-order valence-electron chi connectivity index (χ3n) is 9.07. The Balaban J connectivity index is 1.60. The molecule has 0 unspecified atom stereocenters. The first-order valence-electron chi connectivity index (χ1n) is 14.4. The number of rotatable bonds is 1. The molecule has 7 nitrogen and oxygen atoms in total. The summed E-state index contributed by atoms with van der Waals surface area (Å²) in [7, 11) is 1.68. The number of allylic oxidation sites excluding steroid dienone is 1. The molecule has 0 saturated heterocycles. The van der Waals surface area contributed by atoms with Crippen LogP contribution in [0.2, 0.25) is 5.02 Å². The molecule has 2 heterocycles. The lowest BCUT2D eigenvalue weighted by Crippen LogP contribution is -2.52. The summed E-state index contributed by atoms with van der Waals surface area (Å²) >= 11 is 6.37. The van der Waals surface area contributed by atoms with Gasteiger partial charge in [-0.3, -0.25) is 9.59 Å². The van der Waals surface area contributed by atoms with E-state index in [-0.39, 0.29) is 11.3 Å². The molecule has 214 valence electrons. The normalized spacial score (nSPS) is 28.4. The second-order valence-corrected chi connectivity index (χ2v) is 12.2. The van der Waals surface area contributed by atoms with E-state index in [4.69, 9.17) is 22.1 Å². The van der Waals surface area contributed by atoms with Crippen LogP contribution in [0.4, 0.5) is 5.69 Å². The van der Waals surface area contributed by atoms with Gasteiger partial charge in [-0.05, 0) is 86.4 Å². The molecule has 0 aromatic heterocycles. The van der Waals surface area contributed by atoms with E-state index in [2.05, 4.69) is 23.1 Å². The zero-order chi connectivity index (χ0) is 28.5. The Morgan fingerprint density at radius 2 is 1.95 bits per heavy atom. The number of aliphatic hydroxyl groups is 1. The molecule has 2 aromatic rings. The first-order valence-corrected chi connectivity index (χ1v) is 14.8. The first-order chi connectivity index (χ1) is 19.2. The van der Waals surface area contributed by atoms with Crippen LogP contribution >= 0.6 is 11.6 Å². The number of aryl methyl sites for hydroxylation is 1. The van der Waals surface area contributed by atoms with Gasteiger partial charge in [0.1, 0.15) is 5.75 Å². The molecule has 1 spiro atoms. The molecule has 2 bridgehead atoms. The molecule has 40 heavy (non-hydrogen) atoms. The van der Waals surface area contributed by atoms with Crippen molar-refractivity contribution in [3.63, 3.8) is 0 Å². The molecule has 1 aliphatic carbocycles. The van der Waals surface area contributed by atoms with E-state index in [1.165, 1.54) is 16.0 Å². The van der Waals surface area contributed by atoms with E-state index >= 15 is 0 Å². The molecular formula is C32H40ClN3O4. The number of amides is 2. The third kappa shape index (κ3) is 5.21. The molecule has 3 aliphatic rings. The highest BCUT2D eigenvalue weighted by atomic mass is 35.5. The van der Waals surface area contributed by atoms with Crippen LogP contribution in [0, 0.1) is 5.92 Å². The number of nitrogens with two attached hydrogens (primary N) is 1. The Labute approximate surface area is 241 Å². The maximum absolute atomic E-state index is 13.3. The van der Waals surface area contributed by atoms with Crippen molar-refractivity contribution >= 4 is 29.1 Å². The van der Waals surface area contributed by atoms with Crippen LogP contribution in [0.5, 0.6) is 5.75 Å². The molecule has 0 fully saturated rings. The third-order valence-corrected chi connectivity index (χ3v) is 9.31. The molecule has 8 heteroatoms. The lowest BCUT2D eigenvalue weighted by atomic mass is 9.70. The quantitative estimate of drug-likeness (QED) is 0.488. The summed E-state index contributed by atoms with van der Waals surface area (Å²) in [5.41, 5.74) is 7.10. The van der Waals surface area contributed by atoms with E-state index < -0.39 is 17.4 Å². The number of fused-ring (bicyclic) bond motifs is 3. The van der Waals surface area contributed by atoms with E-state index in [9.17, 15) is 14.7 Å². The highest BCUT2D eigenvalue weighted by molar-refractivity contribution is 6.30. The predicted molar refractivity (Wildman–Crippen MR) is 158 cm³/mol. The fraction of sp³-hybridized carbons (Fsp3) is 0.500. The van der Waals surface area contributed by atoms with E-state index in [1.807, 2.05) is 18.2 Å². The molecule has 0 radical (unpaired) electrons. The maximum atomic E-state index is 13.3. The summed E-state index contributed by atoms with van der Waals surface area (Å²) in [5, 5.41) is 12.6. The summed E-state index contributed by atoms with van der Waals surface area (Å²) in [4.78, 5) is 30.0. The van der Waals surface area contributed by atoms with Gasteiger partial charge in [-0.15, -0.1) is 0 Å². The SMILES string of the molecule is C[C@@H]1C(=O)N(C)C/C=C/CCCCCN2C[C@@]3(CCCc4cc(Cl)ccc43)COc3ccc(cc32)[C@]1(O)C(N)=O. The highest BCUT2D eigenvalue weighted by Gasteiger charge is 2.47. The number of hydrogen-bond acceptors (Lipinski definition) is 5. The van der Waals surface area contributed by atoms with Crippen molar-refractivity contribution in [3.8, 4) is 5.75 Å². The van der Waals surface area contributed by atoms with Crippen LogP contribution in [0.1, 0.15) is 62.1 Å². The second-order valence-electron chi connectivity index (χ2n) is 11.7. The van der Waals surface area contributed by atoms with Gasteiger partial charge in [-0.2, -0.15) is 0 Å². The molecular weight excluding hydrogens is 526 g/mol. The number of ether oxygens (including phenoxy) is 1. The van der Waals surface area contributed by atoms with E-state index in [1.54, 1.807) is 26.1 Å². The monoisotopic (exact) mass is 565 g/mol. The van der Waals surface area contributed by atoms with Crippen molar-refractivity contribution in [2.24, 2.45) is 11.7 Å². The maximum Gasteiger partial charge on any atom is 0.254 e. The van der Waals surface area contributed by atoms with Gasteiger partial charge in [0.25, 0.3) is 5.91 Å². The van der Waals surface area contributed by atoms with E-state index in [0.717, 1.165) is 68.7 Å². The van der Waals surface area contributed by atoms with Crippen LogP contribution in [-0.2, 0) is 27.0 Å². The first kappa shape index (κ1) is 28.5. The number of likely N-dealkylation sites (N-methyl/N-ethyl adjacent to an activating group) is 1. The Kier molecular flexibility index (Phi) is 8.16. The molecule has 3 atom stereocenters. The van der Waals surface area contributed by atoms with Crippen molar-refractivity contribution in [1.29, 1.82) is 0 Å². The Morgan fingerprint density at radius 3 is 2.75 bits per heavy atom. The van der Waals surface area contributed by atoms with Crippen molar-refractivity contribution in [2.75, 3.05) is 38.2 Å². The van der Waals surface area contributed by atoms with Gasteiger partial charge in [0.2, 0.25) is 5.91 Å². The zero-order valence-corrected chi connectivity index (χ0v) is 24.3. The van der Waals surface area contributed by atoms with Gasteiger partial charge in [0, 0.05) is 37.1 Å². The summed E-state index contributed by atoms with van der Waals surface area (Å²) in [6.07, 6.45) is 11.2. The topological polar surface area (TPSA) is 96.1 Å². The van der Waals surface area contributed by atoms with Gasteiger partial charge >= 0.3 is 0 Å². The summed E-state index contributed by atoms with van der Waals surface area (Å²) in [6, 6.07) is 11.5. The average molecular weight is 566 g/mol. The minimum atomic E-state index is -2.18. The molecule has 2 aromatic carbocycles. The minimum absolute atomic E-state index is 0.215. The van der Waals surface area contributed by atoms with Crippen LogP contribution in [-0.4, -0.2) is 55.1 Å². The molecule has 5 rings (SSSR count). The smallest absolute Gasteiger partial charge is 0.254 e. The fourth-order valence-corrected chi connectivity index (χ4v) is 6.88. The van der Waals surface area contributed by atoms with Crippen molar-refractivity contribution in [1.82, 2.24) is 4.90 Å². The summed E-state index contributed by atoms with van der Waals surface area (Å²) in [6.45, 7) is 4.04. The standard InChI is InChI=1S/C32H40ClN3O4/c1-22-29(37)35(2)16-7-5-3-4-6-8-17-36-20-31(15-9-10-23-18-25(33)12-13-26(23)31)21-40-28-14-11-24(19-27(28)36)32(22,39)30(34)38/h5,7,11-14,18-19,22,39H,3-4,6,8-10,15-17,20-21H2,1-2H3,(H2,34,38)/b7-5+/t22-,31+,32+/m1/s1. The predicted octanol–water partition coefficient (Wildman–Crippen LogP) is 4.71. The Hall–Kier alpha value is -3.03. The lowest BCUT2D eigenvalue weighted by molar-refractivity contribution is -0.155. The molecule has 2 amide bonds. The fourth-order valence-electron chi connectivity index (χ4n) is 6.68. The van der Waals surface area contributed by atoms with E-state index in [0.29, 0.717) is 24.5 Å². The lowest BCUT2D eigenvalue weighted by Gasteiger charge is -2.41. The summed E-state index contributed by atoms with van der Waals surface area (Å²) < 4.78 is 6.53. The Bertz CT molecular complexity index is 1310. The van der Waals surface area contributed by atoms with Crippen molar-refractivity contribution in [2.45, 2.75) is 62.9 Å². The average Bonchev–Trinajstić information content (AvgIpc) is 3.09. The van der Waals surface area contributed by atoms with Gasteiger partial charge < -0.3 is 25.4 Å². The second kappa shape index (κ2) is 11.5. The molecule has 0 saturated carbocycles. The number of hydrogen-bond donors (Lipinski definition) is 2. The van der Waals surface area contributed by atoms with Crippen molar-refractivity contribution in [3.05, 3.63) is 70.3 Å². The van der Waals surface area contributed by atoms with Crippen LogP contribution < -0.4 is 15.4 Å². The van der Waals surface area contributed by atoms with Crippen LogP contribution in [0.3, 0.4) is 0 Å². The van der Waals surface area contributed by atoms with Crippen molar-refractivity contribution < 1.29 is 19.4 Å². The number of benzene rings is 2. The molecule has 2 aliphatic heterocycles. The van der Waals surface area contributed by atoms with Gasteiger partial charge in [0.15, 0.2) is 5.60 Å². The zero-order valence-electron chi connectivity index (χ0n) is 23.5. The summed E-state index contributed by atoms with van der Waals surface area (Å²) in [5.74, 6) is -1.67. The minimum Gasteiger partial charge on any atom is -0.490 e. The number of anilines is 1. The van der Waals surface area contributed by atoms with Gasteiger partial charge in [-0.25, -0.2) is 0 Å². The largest absolute Gasteiger partial charge is 0.490 e. The molecule has 3 N–H and O–H groups in total. The van der Waals surface area contributed by atoms with Crippen LogP contribution in [0.25, 0.3) is 0 Å². The Morgan fingerprint density at radius 1 is 1.12 bits per heavy atom. The number of halogens is 1. The van der Waals surface area contributed by atoms with Gasteiger partial charge in [0.05, 0.1) is 18.2 Å². The number of primary amides is 1. The number of nitrogens with zero attached hydrogens (tertiary/aromatic N) is 2. The van der Waals surface area contributed by atoms with Crippen LogP contribution in [0.15, 0.2) is 48.6 Å². The number of carbonyl (C=O) groups excluding carboxylic acids is 2. The number of carbonyl (C=O) groups is 2. The highest BCUT2D eigenvalue weighted by Crippen LogP contribution is 2.46. The van der Waals surface area contributed by atoms with Gasteiger partial charge in [-0.1, -0.05) is 42.3 Å².